The predicted molar refractivity (Wildman–Crippen MR) is 54.6 cm³/mol. The lowest BCUT2D eigenvalue weighted by Crippen LogP contribution is -2.05. The summed E-state index contributed by atoms with van der Waals surface area (Å²) >= 11 is 0. The van der Waals surface area contributed by atoms with Crippen molar-refractivity contribution in [2.75, 3.05) is 0 Å². The molecule has 0 amide bonds. The Morgan fingerprint density at radius 1 is 1.33 bits per heavy atom. The second-order valence-electron chi connectivity index (χ2n) is 3.98. The largest absolute Gasteiger partial charge is 0.481 e. The molecule has 80 valence electrons. The van der Waals surface area contributed by atoms with Crippen molar-refractivity contribution in [1.82, 2.24) is 9.97 Å². The Morgan fingerprint density at radius 2 is 2.07 bits per heavy atom. The minimum atomic E-state index is -0.863. The van der Waals surface area contributed by atoms with Gasteiger partial charge in [0.1, 0.15) is 0 Å². The fourth-order valence-corrected chi connectivity index (χ4v) is 2.04. The zero-order valence-corrected chi connectivity index (χ0v) is 8.52. The molecule has 1 saturated carbocycles. The Labute approximate surface area is 88.4 Å². The lowest BCUT2D eigenvalue weighted by Gasteiger charge is -2.07. The zero-order chi connectivity index (χ0) is 10.7. The normalized spacial score (nSPS) is 16.8. The van der Waals surface area contributed by atoms with Gasteiger partial charge < -0.3 is 5.11 Å². The van der Waals surface area contributed by atoms with E-state index < -0.39 is 5.97 Å². The molecule has 0 radical (unpaired) electrons. The summed E-state index contributed by atoms with van der Waals surface area (Å²) in [5.74, 6) is -0.325. The SMILES string of the molecule is O=C(O)Cc1cnc(C2CCCC2)cn1. The lowest BCUT2D eigenvalue weighted by molar-refractivity contribution is -0.136. The molecule has 4 heteroatoms. The molecule has 1 aliphatic rings. The van der Waals surface area contributed by atoms with E-state index in [4.69, 9.17) is 5.11 Å². The molecule has 1 aromatic rings. The van der Waals surface area contributed by atoms with Gasteiger partial charge in [-0.3, -0.25) is 14.8 Å². The molecular weight excluding hydrogens is 192 g/mol. The molecule has 1 aromatic heterocycles. The molecule has 0 bridgehead atoms. The van der Waals surface area contributed by atoms with Gasteiger partial charge in [-0.2, -0.15) is 0 Å². The summed E-state index contributed by atoms with van der Waals surface area (Å²) in [4.78, 5) is 18.9. The number of hydrogen-bond acceptors (Lipinski definition) is 3. The van der Waals surface area contributed by atoms with Gasteiger partial charge in [-0.05, 0) is 12.8 Å². The smallest absolute Gasteiger partial charge is 0.309 e. The van der Waals surface area contributed by atoms with Crippen molar-refractivity contribution in [2.45, 2.75) is 38.0 Å². The van der Waals surface area contributed by atoms with Crippen LogP contribution in [-0.4, -0.2) is 21.0 Å². The summed E-state index contributed by atoms with van der Waals surface area (Å²) < 4.78 is 0. The molecule has 0 atom stereocenters. The molecule has 15 heavy (non-hydrogen) atoms. The van der Waals surface area contributed by atoms with E-state index in [1.165, 1.54) is 25.7 Å². The maximum atomic E-state index is 10.4. The van der Waals surface area contributed by atoms with Crippen LogP contribution >= 0.6 is 0 Å². The lowest BCUT2D eigenvalue weighted by atomic mass is 10.1. The van der Waals surface area contributed by atoms with Crippen LogP contribution in [0, 0.1) is 0 Å². The molecule has 0 aromatic carbocycles. The number of carboxylic acids is 1. The molecule has 1 heterocycles. The van der Waals surface area contributed by atoms with Crippen molar-refractivity contribution < 1.29 is 9.90 Å². The van der Waals surface area contributed by atoms with Gasteiger partial charge in [-0.25, -0.2) is 0 Å². The molecule has 1 fully saturated rings. The van der Waals surface area contributed by atoms with E-state index in [0.717, 1.165) is 5.69 Å². The van der Waals surface area contributed by atoms with Crippen molar-refractivity contribution >= 4 is 5.97 Å². The standard InChI is InChI=1S/C11H14N2O2/c14-11(15)5-9-6-13-10(7-12-9)8-3-1-2-4-8/h6-8H,1-5H2,(H,14,15). The highest BCUT2D eigenvalue weighted by Crippen LogP contribution is 2.32. The summed E-state index contributed by atoms with van der Waals surface area (Å²) in [5, 5.41) is 8.58. The third-order valence-corrected chi connectivity index (χ3v) is 2.83. The summed E-state index contributed by atoms with van der Waals surface area (Å²) in [6.07, 6.45) is 8.18. The van der Waals surface area contributed by atoms with Gasteiger partial charge in [0, 0.05) is 18.3 Å². The van der Waals surface area contributed by atoms with Crippen LogP contribution in [0.15, 0.2) is 12.4 Å². The third-order valence-electron chi connectivity index (χ3n) is 2.83. The number of rotatable bonds is 3. The number of carboxylic acid groups (broad SMARTS) is 1. The first-order valence-electron chi connectivity index (χ1n) is 5.28. The number of aliphatic carboxylic acids is 1. The Hall–Kier alpha value is -1.45. The average Bonchev–Trinajstić information content (AvgIpc) is 2.71. The molecule has 4 nitrogen and oxygen atoms in total. The van der Waals surface area contributed by atoms with Crippen molar-refractivity contribution in [3.8, 4) is 0 Å². The fourth-order valence-electron chi connectivity index (χ4n) is 2.04. The molecule has 2 rings (SSSR count). The zero-order valence-electron chi connectivity index (χ0n) is 8.52. The average molecular weight is 206 g/mol. The number of nitrogens with zero attached hydrogens (tertiary/aromatic N) is 2. The highest BCUT2D eigenvalue weighted by molar-refractivity contribution is 5.69. The second kappa shape index (κ2) is 4.38. The Morgan fingerprint density at radius 3 is 2.60 bits per heavy atom. The number of hydrogen-bond donors (Lipinski definition) is 1. The monoisotopic (exact) mass is 206 g/mol. The minimum absolute atomic E-state index is 0.0437. The predicted octanol–water partition coefficient (Wildman–Crippen LogP) is 1.76. The van der Waals surface area contributed by atoms with Crippen LogP contribution in [0.4, 0.5) is 0 Å². The maximum Gasteiger partial charge on any atom is 0.309 e. The van der Waals surface area contributed by atoms with Crippen LogP contribution in [0.25, 0.3) is 0 Å². The van der Waals surface area contributed by atoms with Crippen LogP contribution < -0.4 is 0 Å². The first kappa shape index (κ1) is 10.1. The number of aromatic nitrogens is 2. The molecule has 1 aliphatic carbocycles. The van der Waals surface area contributed by atoms with Gasteiger partial charge in [-0.15, -0.1) is 0 Å². The summed E-state index contributed by atoms with van der Waals surface area (Å²) in [7, 11) is 0. The van der Waals surface area contributed by atoms with Crippen LogP contribution in [0.5, 0.6) is 0 Å². The molecule has 0 unspecified atom stereocenters. The Balaban J connectivity index is 2.06. The van der Waals surface area contributed by atoms with E-state index in [2.05, 4.69) is 9.97 Å². The minimum Gasteiger partial charge on any atom is -0.481 e. The van der Waals surface area contributed by atoms with Gasteiger partial charge in [0.15, 0.2) is 0 Å². The molecule has 0 spiro atoms. The quantitative estimate of drug-likeness (QED) is 0.818. The fraction of sp³-hybridized carbons (Fsp3) is 0.545. The van der Waals surface area contributed by atoms with Crippen molar-refractivity contribution in [2.24, 2.45) is 0 Å². The molecule has 1 N–H and O–H groups in total. The maximum absolute atomic E-state index is 10.4. The Kier molecular flexibility index (Phi) is 2.94. The van der Waals surface area contributed by atoms with E-state index in [0.29, 0.717) is 11.6 Å². The molecule has 0 saturated heterocycles. The van der Waals surface area contributed by atoms with Gasteiger partial charge in [0.2, 0.25) is 0 Å². The first-order chi connectivity index (χ1) is 7.25. The highest BCUT2D eigenvalue weighted by atomic mass is 16.4. The van der Waals surface area contributed by atoms with E-state index in [1.54, 1.807) is 12.4 Å². The number of carbonyl (C=O) groups is 1. The highest BCUT2D eigenvalue weighted by Gasteiger charge is 2.18. The van der Waals surface area contributed by atoms with E-state index >= 15 is 0 Å². The van der Waals surface area contributed by atoms with Gasteiger partial charge in [-0.1, -0.05) is 12.8 Å². The van der Waals surface area contributed by atoms with E-state index in [9.17, 15) is 4.79 Å². The van der Waals surface area contributed by atoms with Crippen LogP contribution in [0.3, 0.4) is 0 Å². The molecular formula is C11H14N2O2. The van der Waals surface area contributed by atoms with Crippen molar-refractivity contribution in [3.63, 3.8) is 0 Å². The summed E-state index contributed by atoms with van der Waals surface area (Å²) in [6.45, 7) is 0. The van der Waals surface area contributed by atoms with Crippen molar-refractivity contribution in [1.29, 1.82) is 0 Å². The second-order valence-corrected chi connectivity index (χ2v) is 3.98. The summed E-state index contributed by atoms with van der Waals surface area (Å²) in [6, 6.07) is 0. The van der Waals surface area contributed by atoms with Gasteiger partial charge in [0.25, 0.3) is 0 Å². The summed E-state index contributed by atoms with van der Waals surface area (Å²) in [5.41, 5.74) is 1.55. The van der Waals surface area contributed by atoms with Gasteiger partial charge in [0.05, 0.1) is 17.8 Å². The van der Waals surface area contributed by atoms with Crippen LogP contribution in [-0.2, 0) is 11.2 Å². The van der Waals surface area contributed by atoms with Crippen LogP contribution in [0.2, 0.25) is 0 Å². The van der Waals surface area contributed by atoms with E-state index in [1.807, 2.05) is 0 Å². The van der Waals surface area contributed by atoms with Crippen molar-refractivity contribution in [3.05, 3.63) is 23.8 Å². The topological polar surface area (TPSA) is 63.1 Å². The van der Waals surface area contributed by atoms with Gasteiger partial charge >= 0.3 is 5.97 Å². The third kappa shape index (κ3) is 2.52. The van der Waals surface area contributed by atoms with Crippen LogP contribution in [0.1, 0.15) is 43.0 Å². The molecule has 0 aliphatic heterocycles. The van der Waals surface area contributed by atoms with E-state index in [-0.39, 0.29) is 6.42 Å². The first-order valence-corrected chi connectivity index (χ1v) is 5.28. The Bertz CT molecular complexity index is 342.